The van der Waals surface area contributed by atoms with Gasteiger partial charge in [0, 0.05) is 24.8 Å². The van der Waals surface area contributed by atoms with E-state index in [0.29, 0.717) is 18.8 Å². The van der Waals surface area contributed by atoms with Crippen molar-refractivity contribution >= 4 is 11.6 Å². The first kappa shape index (κ1) is 13.8. The highest BCUT2D eigenvalue weighted by Gasteiger charge is 2.22. The Balaban J connectivity index is 1.71. The molecule has 1 aliphatic heterocycles. The fourth-order valence-electron chi connectivity index (χ4n) is 2.20. The lowest BCUT2D eigenvalue weighted by Crippen LogP contribution is -2.33. The van der Waals surface area contributed by atoms with Crippen molar-refractivity contribution in [2.24, 2.45) is 0 Å². The van der Waals surface area contributed by atoms with Crippen molar-refractivity contribution in [1.29, 1.82) is 0 Å². The molecule has 1 saturated heterocycles. The smallest absolute Gasteiger partial charge is 0.294 e. The van der Waals surface area contributed by atoms with Gasteiger partial charge in [0.25, 0.3) is 5.91 Å². The molecular weight excluding hydrogens is 270 g/mol. The third kappa shape index (κ3) is 3.12. The summed E-state index contributed by atoms with van der Waals surface area (Å²) in [5.74, 6) is -0.130. The largest absolute Gasteiger partial charge is 0.369 e. The van der Waals surface area contributed by atoms with Crippen LogP contribution in [0.1, 0.15) is 27.9 Å². The Hall–Kier alpha value is -2.18. The Bertz CT molecular complexity index is 633. The molecular formula is C15H17N3O3. The van der Waals surface area contributed by atoms with Crippen LogP contribution in [-0.2, 0) is 4.74 Å². The molecule has 0 aliphatic carbocycles. The number of hydrogen-bond donors (Lipinski definition) is 2. The maximum Gasteiger partial charge on any atom is 0.294 e. The Morgan fingerprint density at radius 1 is 1.43 bits per heavy atom. The van der Waals surface area contributed by atoms with Gasteiger partial charge < -0.3 is 19.9 Å². The predicted molar refractivity (Wildman–Crippen MR) is 77.2 cm³/mol. The van der Waals surface area contributed by atoms with Crippen LogP contribution in [0.4, 0.5) is 5.69 Å². The Labute approximate surface area is 122 Å². The van der Waals surface area contributed by atoms with Crippen molar-refractivity contribution in [3.63, 3.8) is 0 Å². The zero-order valence-corrected chi connectivity index (χ0v) is 11.8. The minimum Gasteiger partial charge on any atom is -0.369 e. The van der Waals surface area contributed by atoms with Crippen LogP contribution in [0.15, 0.2) is 34.9 Å². The highest BCUT2D eigenvalue weighted by Crippen LogP contribution is 2.20. The molecule has 1 aromatic heterocycles. The first-order chi connectivity index (χ1) is 10.2. The molecule has 1 amide bonds. The number of hydrogen-bond acceptors (Lipinski definition) is 5. The molecule has 6 heteroatoms. The minimum atomic E-state index is -0.313. The summed E-state index contributed by atoms with van der Waals surface area (Å²) in [6.07, 6.45) is -0.164. The highest BCUT2D eigenvalue weighted by molar-refractivity contribution is 6.02. The SMILES string of the molecule is Cc1ccccc1NC(=O)c1cc(C2CNCCO2)no1. The quantitative estimate of drug-likeness (QED) is 0.901. The van der Waals surface area contributed by atoms with E-state index >= 15 is 0 Å². The fourth-order valence-corrected chi connectivity index (χ4v) is 2.20. The normalized spacial score (nSPS) is 18.4. The number of carbonyl (C=O) groups excluding carboxylic acids is 1. The van der Waals surface area contributed by atoms with E-state index in [0.717, 1.165) is 17.8 Å². The summed E-state index contributed by atoms with van der Waals surface area (Å²) in [6, 6.07) is 9.20. The van der Waals surface area contributed by atoms with Gasteiger partial charge in [0.05, 0.1) is 6.61 Å². The minimum absolute atomic E-state index is 0.164. The van der Waals surface area contributed by atoms with Gasteiger partial charge in [-0.05, 0) is 18.6 Å². The van der Waals surface area contributed by atoms with Gasteiger partial charge in [0.15, 0.2) is 0 Å². The summed E-state index contributed by atoms with van der Waals surface area (Å²) in [6.45, 7) is 4.06. The van der Waals surface area contributed by atoms with Gasteiger partial charge in [-0.25, -0.2) is 0 Å². The Morgan fingerprint density at radius 3 is 3.05 bits per heavy atom. The van der Waals surface area contributed by atoms with Crippen molar-refractivity contribution in [2.75, 3.05) is 25.0 Å². The molecule has 21 heavy (non-hydrogen) atoms. The molecule has 1 aliphatic rings. The predicted octanol–water partition coefficient (Wildman–Crippen LogP) is 1.90. The van der Waals surface area contributed by atoms with Gasteiger partial charge in [0.2, 0.25) is 5.76 Å². The number of ether oxygens (including phenoxy) is 1. The molecule has 1 aromatic carbocycles. The molecule has 110 valence electrons. The average Bonchev–Trinajstić information content (AvgIpc) is 3.00. The second-order valence-corrected chi connectivity index (χ2v) is 4.95. The molecule has 2 heterocycles. The molecule has 1 unspecified atom stereocenters. The number of anilines is 1. The van der Waals surface area contributed by atoms with Crippen LogP contribution in [0.5, 0.6) is 0 Å². The summed E-state index contributed by atoms with van der Waals surface area (Å²) in [5, 5.41) is 9.95. The molecule has 0 spiro atoms. The number of benzene rings is 1. The maximum absolute atomic E-state index is 12.2. The number of amides is 1. The van der Waals surface area contributed by atoms with E-state index in [1.807, 2.05) is 31.2 Å². The molecule has 2 aromatic rings. The summed E-state index contributed by atoms with van der Waals surface area (Å²) in [5.41, 5.74) is 2.39. The molecule has 1 fully saturated rings. The van der Waals surface area contributed by atoms with Gasteiger partial charge in [-0.3, -0.25) is 4.79 Å². The lowest BCUT2D eigenvalue weighted by Gasteiger charge is -2.21. The lowest BCUT2D eigenvalue weighted by atomic mass is 10.2. The first-order valence-corrected chi connectivity index (χ1v) is 6.90. The highest BCUT2D eigenvalue weighted by atomic mass is 16.5. The number of rotatable bonds is 3. The van der Waals surface area contributed by atoms with E-state index < -0.39 is 0 Å². The number of carbonyl (C=O) groups is 1. The van der Waals surface area contributed by atoms with Crippen LogP contribution >= 0.6 is 0 Å². The zero-order valence-electron chi connectivity index (χ0n) is 11.8. The first-order valence-electron chi connectivity index (χ1n) is 6.90. The molecule has 6 nitrogen and oxygen atoms in total. The van der Waals surface area contributed by atoms with Crippen molar-refractivity contribution in [1.82, 2.24) is 10.5 Å². The summed E-state index contributed by atoms with van der Waals surface area (Å²) < 4.78 is 10.7. The third-order valence-corrected chi connectivity index (χ3v) is 3.40. The maximum atomic E-state index is 12.2. The third-order valence-electron chi connectivity index (χ3n) is 3.40. The van der Waals surface area contributed by atoms with Crippen LogP contribution in [0.25, 0.3) is 0 Å². The second kappa shape index (κ2) is 6.07. The van der Waals surface area contributed by atoms with Gasteiger partial charge in [-0.2, -0.15) is 0 Å². The second-order valence-electron chi connectivity index (χ2n) is 4.95. The standard InChI is InChI=1S/C15H17N3O3/c1-10-4-2-3-5-11(10)17-15(19)13-8-12(18-21-13)14-9-16-6-7-20-14/h2-5,8,14,16H,6-7,9H2,1H3,(H,17,19). The molecule has 1 atom stereocenters. The van der Waals surface area contributed by atoms with Gasteiger partial charge >= 0.3 is 0 Å². The van der Waals surface area contributed by atoms with E-state index in [9.17, 15) is 4.79 Å². The van der Waals surface area contributed by atoms with E-state index in [-0.39, 0.29) is 17.8 Å². The number of aryl methyl sites for hydroxylation is 1. The summed E-state index contributed by atoms with van der Waals surface area (Å²) in [4.78, 5) is 12.2. The zero-order chi connectivity index (χ0) is 14.7. The molecule has 0 bridgehead atoms. The lowest BCUT2D eigenvalue weighted by molar-refractivity contribution is 0.0231. The van der Waals surface area contributed by atoms with E-state index in [1.54, 1.807) is 6.07 Å². The van der Waals surface area contributed by atoms with Crippen molar-refractivity contribution in [3.05, 3.63) is 47.3 Å². The number of aromatic nitrogens is 1. The van der Waals surface area contributed by atoms with Crippen LogP contribution in [-0.4, -0.2) is 30.8 Å². The van der Waals surface area contributed by atoms with Crippen molar-refractivity contribution in [3.8, 4) is 0 Å². The van der Waals surface area contributed by atoms with Gasteiger partial charge in [-0.1, -0.05) is 23.4 Å². The fraction of sp³-hybridized carbons (Fsp3) is 0.333. The molecule has 2 N–H and O–H groups in total. The van der Waals surface area contributed by atoms with Crippen LogP contribution in [0, 0.1) is 6.92 Å². The summed E-state index contributed by atoms with van der Waals surface area (Å²) in [7, 11) is 0. The van der Waals surface area contributed by atoms with E-state index in [2.05, 4.69) is 15.8 Å². The molecule has 0 radical (unpaired) electrons. The average molecular weight is 287 g/mol. The Kier molecular flexibility index (Phi) is 3.98. The van der Waals surface area contributed by atoms with Crippen LogP contribution in [0.3, 0.4) is 0 Å². The van der Waals surface area contributed by atoms with Gasteiger partial charge in [0.1, 0.15) is 11.8 Å². The van der Waals surface area contributed by atoms with Gasteiger partial charge in [-0.15, -0.1) is 0 Å². The summed E-state index contributed by atoms with van der Waals surface area (Å²) >= 11 is 0. The van der Waals surface area contributed by atoms with Crippen LogP contribution in [0.2, 0.25) is 0 Å². The van der Waals surface area contributed by atoms with Crippen molar-refractivity contribution in [2.45, 2.75) is 13.0 Å². The Morgan fingerprint density at radius 2 is 2.29 bits per heavy atom. The number of para-hydroxylation sites is 1. The van der Waals surface area contributed by atoms with E-state index in [1.165, 1.54) is 0 Å². The number of morpholine rings is 1. The number of nitrogens with zero attached hydrogens (tertiary/aromatic N) is 1. The number of nitrogens with one attached hydrogen (secondary N) is 2. The van der Waals surface area contributed by atoms with Crippen LogP contribution < -0.4 is 10.6 Å². The van der Waals surface area contributed by atoms with Crippen molar-refractivity contribution < 1.29 is 14.1 Å². The molecule has 0 saturated carbocycles. The monoisotopic (exact) mass is 287 g/mol. The molecule has 3 rings (SSSR count). The van der Waals surface area contributed by atoms with E-state index in [4.69, 9.17) is 9.26 Å². The topological polar surface area (TPSA) is 76.4 Å².